The number of aliphatic hydroxyl groups is 2. The molecule has 132 valence electrons. The lowest BCUT2D eigenvalue weighted by Gasteiger charge is -2.06. The third-order valence-corrected chi connectivity index (χ3v) is 5.63. The molecule has 0 aliphatic heterocycles. The van der Waals surface area contributed by atoms with Crippen LogP contribution >= 0.6 is 0 Å². The molecule has 2 aromatic rings. The second kappa shape index (κ2) is 7.30. The summed E-state index contributed by atoms with van der Waals surface area (Å²) in [6.45, 7) is 0.227. The number of hydrogen-bond donors (Lipinski definition) is 2. The molecule has 0 aromatic heterocycles. The van der Waals surface area contributed by atoms with Crippen LogP contribution in [0.2, 0.25) is 0 Å². The molecule has 2 aromatic carbocycles. The van der Waals surface area contributed by atoms with Crippen molar-refractivity contribution in [3.05, 3.63) is 71.8 Å². The van der Waals surface area contributed by atoms with Crippen molar-refractivity contribution in [3.63, 3.8) is 0 Å². The Kier molecular flexibility index (Phi) is 5.09. The van der Waals surface area contributed by atoms with Crippen molar-refractivity contribution >= 4 is 0 Å². The Bertz CT molecular complexity index is 753. The van der Waals surface area contributed by atoms with E-state index in [2.05, 4.69) is 12.1 Å². The number of nitrogens with zero attached hydrogens (tertiary/aromatic N) is 2. The van der Waals surface area contributed by atoms with E-state index in [0.29, 0.717) is 0 Å². The van der Waals surface area contributed by atoms with E-state index in [1.165, 1.54) is 0 Å². The monoisotopic (exact) mass is 346 g/mol. The zero-order chi connectivity index (χ0) is 18.6. The molecule has 0 spiro atoms. The minimum atomic E-state index is -0.393. The predicted octanol–water partition coefficient (Wildman–Crippen LogP) is 2.92. The Morgan fingerprint density at radius 3 is 1.31 bits per heavy atom. The Labute approximate surface area is 154 Å². The van der Waals surface area contributed by atoms with Crippen molar-refractivity contribution in [2.24, 2.45) is 11.8 Å². The van der Waals surface area contributed by atoms with E-state index in [-0.39, 0.29) is 25.0 Å². The van der Waals surface area contributed by atoms with Gasteiger partial charge in [-0.1, -0.05) is 60.7 Å². The Hall–Kier alpha value is -2.66. The van der Waals surface area contributed by atoms with Crippen LogP contribution in [0.5, 0.6) is 0 Å². The standard InChI is InChI=1S/2C11H11NO/c2*12-8-11(6-10(11)7-13)9-4-2-1-3-5-9/h2*1-5,10,13H,6-7H2/t10-,11+;10-,11-/m00/s1. The van der Waals surface area contributed by atoms with E-state index in [9.17, 15) is 0 Å². The van der Waals surface area contributed by atoms with E-state index in [1.807, 2.05) is 60.7 Å². The van der Waals surface area contributed by atoms with Crippen molar-refractivity contribution in [2.45, 2.75) is 23.7 Å². The van der Waals surface area contributed by atoms with Gasteiger partial charge in [-0.2, -0.15) is 10.5 Å². The van der Waals surface area contributed by atoms with Gasteiger partial charge in [-0.3, -0.25) is 0 Å². The molecule has 2 fully saturated rings. The minimum absolute atomic E-state index is 0.114. The van der Waals surface area contributed by atoms with E-state index >= 15 is 0 Å². The molecule has 4 atom stereocenters. The van der Waals surface area contributed by atoms with Crippen LogP contribution in [-0.2, 0) is 10.8 Å². The van der Waals surface area contributed by atoms with Gasteiger partial charge in [-0.05, 0) is 24.0 Å². The van der Waals surface area contributed by atoms with Gasteiger partial charge in [0.05, 0.1) is 23.0 Å². The third-order valence-electron chi connectivity index (χ3n) is 5.63. The van der Waals surface area contributed by atoms with Crippen molar-refractivity contribution < 1.29 is 10.2 Å². The van der Waals surface area contributed by atoms with E-state index in [4.69, 9.17) is 20.7 Å². The van der Waals surface area contributed by atoms with Crippen LogP contribution in [0.1, 0.15) is 24.0 Å². The van der Waals surface area contributed by atoms with Crippen molar-refractivity contribution in [1.82, 2.24) is 0 Å². The number of benzene rings is 2. The number of nitriles is 2. The first-order chi connectivity index (χ1) is 12.7. The summed E-state index contributed by atoms with van der Waals surface area (Å²) in [5, 5.41) is 36.1. The molecular formula is C22H22N2O2. The average molecular weight is 346 g/mol. The fourth-order valence-electron chi connectivity index (χ4n) is 3.68. The molecule has 0 radical (unpaired) electrons. The van der Waals surface area contributed by atoms with Gasteiger partial charge in [0.2, 0.25) is 0 Å². The van der Waals surface area contributed by atoms with E-state index in [0.717, 1.165) is 24.0 Å². The summed E-state index contributed by atoms with van der Waals surface area (Å²) in [5.74, 6) is 0.278. The van der Waals surface area contributed by atoms with E-state index < -0.39 is 10.8 Å². The molecule has 0 unspecified atom stereocenters. The highest BCUT2D eigenvalue weighted by atomic mass is 16.3. The SMILES string of the molecule is N#C[C@@]1(c2ccccc2)C[C@H]1CO.N#C[C@]1(c2ccccc2)C[C@H]1CO. The molecule has 26 heavy (non-hydrogen) atoms. The van der Waals surface area contributed by atoms with Crippen LogP contribution in [0.25, 0.3) is 0 Å². The maximum absolute atomic E-state index is 9.05. The number of aliphatic hydroxyl groups excluding tert-OH is 2. The summed E-state index contributed by atoms with van der Waals surface area (Å²) in [7, 11) is 0. The van der Waals surface area contributed by atoms with E-state index in [1.54, 1.807) is 0 Å². The zero-order valence-corrected chi connectivity index (χ0v) is 14.5. The quantitative estimate of drug-likeness (QED) is 0.891. The fraction of sp³-hybridized carbons (Fsp3) is 0.364. The average Bonchev–Trinajstić information content (AvgIpc) is 3.63. The molecule has 2 N–H and O–H groups in total. The molecule has 0 amide bonds. The van der Waals surface area contributed by atoms with Crippen LogP contribution in [0.3, 0.4) is 0 Å². The highest BCUT2D eigenvalue weighted by Crippen LogP contribution is 2.54. The highest BCUT2D eigenvalue weighted by Gasteiger charge is 2.56. The molecule has 2 aliphatic carbocycles. The van der Waals surface area contributed by atoms with Crippen LogP contribution in [-0.4, -0.2) is 23.4 Å². The Balaban J connectivity index is 0.000000151. The lowest BCUT2D eigenvalue weighted by molar-refractivity contribution is 0.269. The lowest BCUT2D eigenvalue weighted by atomic mass is 9.95. The number of rotatable bonds is 4. The van der Waals surface area contributed by atoms with Gasteiger partial charge in [0.1, 0.15) is 0 Å². The summed E-state index contributed by atoms with van der Waals surface area (Å²) in [4.78, 5) is 0. The topological polar surface area (TPSA) is 88.0 Å². The highest BCUT2D eigenvalue weighted by molar-refractivity contribution is 5.42. The third kappa shape index (κ3) is 3.10. The summed E-state index contributed by atoms with van der Waals surface area (Å²) < 4.78 is 0. The van der Waals surface area contributed by atoms with Crippen LogP contribution in [0.15, 0.2) is 60.7 Å². The van der Waals surface area contributed by atoms with Crippen LogP contribution in [0.4, 0.5) is 0 Å². The van der Waals surface area contributed by atoms with Gasteiger partial charge in [0.25, 0.3) is 0 Å². The first kappa shape index (κ1) is 18.1. The summed E-state index contributed by atoms with van der Waals surface area (Å²) in [6.07, 6.45) is 1.59. The van der Waals surface area contributed by atoms with Crippen molar-refractivity contribution in [3.8, 4) is 12.1 Å². The first-order valence-corrected chi connectivity index (χ1v) is 8.82. The van der Waals surface area contributed by atoms with Gasteiger partial charge in [0, 0.05) is 25.0 Å². The molecule has 0 bridgehead atoms. The molecule has 2 saturated carbocycles. The lowest BCUT2D eigenvalue weighted by Crippen LogP contribution is -2.08. The molecule has 4 rings (SSSR count). The second-order valence-corrected chi connectivity index (χ2v) is 7.07. The zero-order valence-electron chi connectivity index (χ0n) is 14.5. The van der Waals surface area contributed by atoms with Gasteiger partial charge in [-0.15, -0.1) is 0 Å². The molecule has 4 heteroatoms. The van der Waals surface area contributed by atoms with Gasteiger partial charge >= 0.3 is 0 Å². The fourth-order valence-corrected chi connectivity index (χ4v) is 3.68. The Morgan fingerprint density at radius 1 is 0.731 bits per heavy atom. The number of hydrogen-bond acceptors (Lipinski definition) is 4. The smallest absolute Gasteiger partial charge is 0.0877 e. The molecule has 4 nitrogen and oxygen atoms in total. The predicted molar refractivity (Wildman–Crippen MR) is 97.9 cm³/mol. The largest absolute Gasteiger partial charge is 0.396 e. The first-order valence-electron chi connectivity index (χ1n) is 8.82. The normalized spacial score (nSPS) is 30.9. The van der Waals surface area contributed by atoms with Crippen LogP contribution in [0, 0.1) is 34.5 Å². The maximum Gasteiger partial charge on any atom is 0.0877 e. The van der Waals surface area contributed by atoms with Gasteiger partial charge in [-0.25, -0.2) is 0 Å². The molecule has 0 saturated heterocycles. The molecular weight excluding hydrogens is 324 g/mol. The van der Waals surface area contributed by atoms with Gasteiger partial charge in [0.15, 0.2) is 0 Å². The molecule has 2 aliphatic rings. The minimum Gasteiger partial charge on any atom is -0.396 e. The summed E-state index contributed by atoms with van der Waals surface area (Å²) in [5.41, 5.74) is 1.29. The van der Waals surface area contributed by atoms with Crippen molar-refractivity contribution in [2.75, 3.05) is 13.2 Å². The van der Waals surface area contributed by atoms with Crippen molar-refractivity contribution in [1.29, 1.82) is 10.5 Å². The Morgan fingerprint density at radius 2 is 1.08 bits per heavy atom. The summed E-state index contributed by atoms with van der Waals surface area (Å²) in [6, 6.07) is 24.0. The molecule has 0 heterocycles. The second-order valence-electron chi connectivity index (χ2n) is 7.07. The summed E-state index contributed by atoms with van der Waals surface area (Å²) >= 11 is 0. The van der Waals surface area contributed by atoms with Crippen LogP contribution < -0.4 is 0 Å². The van der Waals surface area contributed by atoms with Gasteiger partial charge < -0.3 is 10.2 Å². The maximum atomic E-state index is 9.05.